The number of halogens is 1. The molecule has 5 heteroatoms. The van der Waals surface area contributed by atoms with E-state index in [4.69, 9.17) is 17.3 Å². The molecule has 16 heavy (non-hydrogen) atoms. The fourth-order valence-electron chi connectivity index (χ4n) is 2.34. The third-order valence-corrected chi connectivity index (χ3v) is 4.43. The largest absolute Gasteiger partial charge is 0.345 e. The number of hydrogen-bond acceptors (Lipinski definition) is 4. The van der Waals surface area contributed by atoms with Gasteiger partial charge in [0, 0.05) is 24.0 Å². The fraction of sp³-hybridized carbons (Fsp3) is 0.727. The van der Waals surface area contributed by atoms with Gasteiger partial charge in [0.15, 0.2) is 5.13 Å². The van der Waals surface area contributed by atoms with Crippen LogP contribution in [0.2, 0.25) is 5.15 Å². The lowest BCUT2D eigenvalue weighted by Gasteiger charge is -2.35. The van der Waals surface area contributed by atoms with E-state index < -0.39 is 0 Å². The van der Waals surface area contributed by atoms with Crippen molar-refractivity contribution >= 4 is 28.1 Å². The second kappa shape index (κ2) is 5.34. The summed E-state index contributed by atoms with van der Waals surface area (Å²) in [6.45, 7) is 3.16. The number of aromatic nitrogens is 1. The van der Waals surface area contributed by atoms with Gasteiger partial charge in [0.05, 0.1) is 0 Å². The molecule has 0 aliphatic heterocycles. The molecule has 0 aromatic carbocycles. The highest BCUT2D eigenvalue weighted by Gasteiger charge is 2.25. The van der Waals surface area contributed by atoms with Gasteiger partial charge in [0.25, 0.3) is 0 Å². The molecular formula is C11H18ClN3S. The molecule has 1 heterocycles. The molecule has 1 aromatic rings. The summed E-state index contributed by atoms with van der Waals surface area (Å²) in [4.78, 5) is 6.72. The molecule has 0 saturated heterocycles. The van der Waals surface area contributed by atoms with Gasteiger partial charge in [-0.25, -0.2) is 4.98 Å². The number of thiazole rings is 1. The summed E-state index contributed by atoms with van der Waals surface area (Å²) in [5, 5.41) is 3.55. The van der Waals surface area contributed by atoms with E-state index in [0.717, 1.165) is 24.5 Å². The summed E-state index contributed by atoms with van der Waals surface area (Å²) in [6.07, 6.45) is 4.60. The average molecular weight is 260 g/mol. The Morgan fingerprint density at radius 2 is 2.19 bits per heavy atom. The van der Waals surface area contributed by atoms with Gasteiger partial charge in [0.2, 0.25) is 0 Å². The topological polar surface area (TPSA) is 42.2 Å². The van der Waals surface area contributed by atoms with Gasteiger partial charge < -0.3 is 10.6 Å². The normalized spacial score (nSPS) is 25.7. The Bertz CT molecular complexity index is 334. The van der Waals surface area contributed by atoms with Crippen LogP contribution in [0.4, 0.5) is 5.13 Å². The van der Waals surface area contributed by atoms with Crippen molar-refractivity contribution < 1.29 is 0 Å². The molecule has 2 rings (SSSR count). The van der Waals surface area contributed by atoms with E-state index in [1.807, 2.05) is 5.38 Å². The van der Waals surface area contributed by atoms with Crippen molar-refractivity contribution in [3.8, 4) is 0 Å². The number of anilines is 1. The van der Waals surface area contributed by atoms with Crippen LogP contribution in [-0.2, 0) is 0 Å². The second-order valence-electron chi connectivity index (χ2n) is 4.31. The number of nitrogens with zero attached hydrogens (tertiary/aromatic N) is 2. The Morgan fingerprint density at radius 3 is 2.69 bits per heavy atom. The van der Waals surface area contributed by atoms with Crippen molar-refractivity contribution in [2.24, 2.45) is 5.73 Å². The molecule has 0 radical (unpaired) electrons. The van der Waals surface area contributed by atoms with Gasteiger partial charge >= 0.3 is 0 Å². The van der Waals surface area contributed by atoms with E-state index in [1.54, 1.807) is 11.3 Å². The SMILES string of the molecule is CCN(c1nc(Cl)cs1)C1CCC(N)CC1. The van der Waals surface area contributed by atoms with Crippen molar-refractivity contribution in [3.05, 3.63) is 10.5 Å². The molecule has 1 fully saturated rings. The van der Waals surface area contributed by atoms with Gasteiger partial charge in [-0.1, -0.05) is 11.6 Å². The summed E-state index contributed by atoms with van der Waals surface area (Å²) in [5.74, 6) is 0. The van der Waals surface area contributed by atoms with E-state index >= 15 is 0 Å². The van der Waals surface area contributed by atoms with Gasteiger partial charge in [-0.15, -0.1) is 11.3 Å². The Labute approximate surface area is 106 Å². The molecule has 90 valence electrons. The van der Waals surface area contributed by atoms with E-state index in [1.165, 1.54) is 12.8 Å². The highest BCUT2D eigenvalue weighted by atomic mass is 35.5. The predicted molar refractivity (Wildman–Crippen MR) is 70.4 cm³/mol. The number of nitrogens with two attached hydrogens (primary N) is 1. The standard InChI is InChI=1S/C11H18ClN3S/c1-2-15(11-14-10(12)7-16-11)9-5-3-8(13)4-6-9/h7-9H,2-6,13H2,1H3. The van der Waals surface area contributed by atoms with Crippen molar-refractivity contribution in [2.45, 2.75) is 44.7 Å². The van der Waals surface area contributed by atoms with Crippen molar-refractivity contribution in [1.29, 1.82) is 0 Å². The molecule has 1 aliphatic carbocycles. The van der Waals surface area contributed by atoms with Gasteiger partial charge in [-0.2, -0.15) is 0 Å². The van der Waals surface area contributed by atoms with Crippen molar-refractivity contribution in [2.75, 3.05) is 11.4 Å². The van der Waals surface area contributed by atoms with Crippen molar-refractivity contribution in [3.63, 3.8) is 0 Å². The third kappa shape index (κ3) is 2.67. The highest BCUT2D eigenvalue weighted by molar-refractivity contribution is 7.14. The van der Waals surface area contributed by atoms with E-state index in [2.05, 4.69) is 16.8 Å². The number of rotatable bonds is 3. The lowest BCUT2D eigenvalue weighted by atomic mass is 9.91. The molecule has 0 unspecified atom stereocenters. The fourth-order valence-corrected chi connectivity index (χ4v) is 3.42. The molecule has 0 atom stereocenters. The van der Waals surface area contributed by atoms with E-state index in [9.17, 15) is 0 Å². The van der Waals surface area contributed by atoms with E-state index in [-0.39, 0.29) is 0 Å². The Hall–Kier alpha value is -0.320. The zero-order valence-electron chi connectivity index (χ0n) is 9.53. The molecule has 0 bridgehead atoms. The maximum atomic E-state index is 5.93. The van der Waals surface area contributed by atoms with Crippen LogP contribution in [0.5, 0.6) is 0 Å². The van der Waals surface area contributed by atoms with E-state index in [0.29, 0.717) is 17.2 Å². The minimum absolute atomic E-state index is 0.398. The first-order chi connectivity index (χ1) is 7.70. The molecule has 3 nitrogen and oxygen atoms in total. The lowest BCUT2D eigenvalue weighted by Crippen LogP contribution is -2.40. The summed E-state index contributed by atoms with van der Waals surface area (Å²) < 4.78 is 0. The van der Waals surface area contributed by atoms with Gasteiger partial charge in [-0.05, 0) is 32.6 Å². The smallest absolute Gasteiger partial charge is 0.186 e. The lowest BCUT2D eigenvalue weighted by molar-refractivity contribution is 0.378. The highest BCUT2D eigenvalue weighted by Crippen LogP contribution is 2.30. The van der Waals surface area contributed by atoms with Crippen molar-refractivity contribution in [1.82, 2.24) is 4.98 Å². The average Bonchev–Trinajstić information content (AvgIpc) is 2.69. The quantitative estimate of drug-likeness (QED) is 0.908. The molecule has 0 amide bonds. The molecule has 1 aromatic heterocycles. The van der Waals surface area contributed by atoms with Gasteiger partial charge in [-0.3, -0.25) is 0 Å². The monoisotopic (exact) mass is 259 g/mol. The first kappa shape index (κ1) is 12.1. The maximum absolute atomic E-state index is 5.93. The summed E-state index contributed by atoms with van der Waals surface area (Å²) in [5.41, 5.74) is 5.93. The molecular weight excluding hydrogens is 242 g/mol. The van der Waals surface area contributed by atoms with Crippen LogP contribution in [0.25, 0.3) is 0 Å². The first-order valence-electron chi connectivity index (χ1n) is 5.84. The Kier molecular flexibility index (Phi) is 4.05. The van der Waals surface area contributed by atoms with Crippen LogP contribution >= 0.6 is 22.9 Å². The molecule has 0 spiro atoms. The zero-order chi connectivity index (χ0) is 11.5. The summed E-state index contributed by atoms with van der Waals surface area (Å²) in [7, 11) is 0. The molecule has 2 N–H and O–H groups in total. The zero-order valence-corrected chi connectivity index (χ0v) is 11.1. The molecule has 1 saturated carbocycles. The van der Waals surface area contributed by atoms with Crippen LogP contribution in [0.1, 0.15) is 32.6 Å². The van der Waals surface area contributed by atoms with Crippen LogP contribution in [0.3, 0.4) is 0 Å². The first-order valence-corrected chi connectivity index (χ1v) is 7.09. The minimum atomic E-state index is 0.398. The van der Waals surface area contributed by atoms with Crippen LogP contribution in [0.15, 0.2) is 5.38 Å². The maximum Gasteiger partial charge on any atom is 0.186 e. The Balaban J connectivity index is 2.05. The molecule has 1 aliphatic rings. The summed E-state index contributed by atoms with van der Waals surface area (Å²) in [6, 6.07) is 0.988. The summed E-state index contributed by atoms with van der Waals surface area (Å²) >= 11 is 7.50. The van der Waals surface area contributed by atoms with Gasteiger partial charge in [0.1, 0.15) is 5.15 Å². The van der Waals surface area contributed by atoms with Crippen LogP contribution in [0, 0.1) is 0 Å². The van der Waals surface area contributed by atoms with Crippen LogP contribution in [-0.4, -0.2) is 23.6 Å². The third-order valence-electron chi connectivity index (χ3n) is 3.23. The second-order valence-corrected chi connectivity index (χ2v) is 5.53. The van der Waals surface area contributed by atoms with Crippen LogP contribution < -0.4 is 10.6 Å². The minimum Gasteiger partial charge on any atom is -0.345 e. The Morgan fingerprint density at radius 1 is 1.50 bits per heavy atom. The predicted octanol–water partition coefficient (Wildman–Crippen LogP) is 2.89. The number of hydrogen-bond donors (Lipinski definition) is 1.